The van der Waals surface area contributed by atoms with Crippen LogP contribution in [0.3, 0.4) is 0 Å². The number of anilines is 1. The maximum Gasteiger partial charge on any atom is 0.260 e. The number of rotatable bonds is 6. The number of sulfonamides is 1. The molecule has 8 heteroatoms. The van der Waals surface area contributed by atoms with E-state index >= 15 is 4.79 Å². The second kappa shape index (κ2) is 10.8. The van der Waals surface area contributed by atoms with E-state index in [1.807, 2.05) is 90.7 Å². The summed E-state index contributed by atoms with van der Waals surface area (Å²) in [6.45, 7) is 4.50. The highest BCUT2D eigenvalue weighted by molar-refractivity contribution is 8.14. The first-order chi connectivity index (χ1) is 21.1. The van der Waals surface area contributed by atoms with Crippen molar-refractivity contribution in [1.29, 1.82) is 0 Å². The number of benzene rings is 4. The molecule has 1 amide bonds. The third-order valence-electron chi connectivity index (χ3n) is 8.64. The van der Waals surface area contributed by atoms with Crippen LogP contribution in [-0.2, 0) is 26.9 Å². The van der Waals surface area contributed by atoms with Gasteiger partial charge in [0.25, 0.3) is 5.91 Å². The summed E-state index contributed by atoms with van der Waals surface area (Å²) in [4.78, 5) is 22.3. The fourth-order valence-electron chi connectivity index (χ4n) is 6.89. The van der Waals surface area contributed by atoms with E-state index in [4.69, 9.17) is 4.99 Å². The molecular weight excluding hydrogens is 587 g/mol. The average Bonchev–Trinajstić information content (AvgIpc) is 3.46. The highest BCUT2D eigenvalue weighted by Gasteiger charge is 2.62. The van der Waals surface area contributed by atoms with Crippen LogP contribution in [0.2, 0.25) is 0 Å². The number of thioether (sulfide) groups is 1. The van der Waals surface area contributed by atoms with E-state index in [9.17, 15) is 8.42 Å². The van der Waals surface area contributed by atoms with E-state index in [0.717, 1.165) is 44.6 Å². The highest BCUT2D eigenvalue weighted by atomic mass is 32.2. The van der Waals surface area contributed by atoms with Crippen molar-refractivity contribution in [3.8, 4) is 0 Å². The molecule has 3 heterocycles. The third kappa shape index (κ3) is 4.86. The fraction of sp³-hybridized carbons (Fsp3) is 0.222. The SMILES string of the molecule is Cc1cccc([C@@H]2CC(NS(C)(=O)=O)=C3C(=N[C@]4(C(=O)N(Cc5ccccc5)c5ccccc54)[C@@H]3c3cccc(C)c3)S2)c1. The zero-order valence-corrected chi connectivity index (χ0v) is 26.5. The second-order valence-corrected chi connectivity index (χ2v) is 14.9. The van der Waals surface area contributed by atoms with Gasteiger partial charge in [-0.3, -0.25) is 14.5 Å². The van der Waals surface area contributed by atoms with E-state index < -0.39 is 21.5 Å². The first-order valence-electron chi connectivity index (χ1n) is 14.7. The van der Waals surface area contributed by atoms with Gasteiger partial charge in [0, 0.05) is 28.5 Å². The van der Waals surface area contributed by atoms with Gasteiger partial charge < -0.3 is 4.90 Å². The van der Waals surface area contributed by atoms with Gasteiger partial charge in [-0.15, -0.1) is 0 Å². The number of carbonyl (C=O) groups excluding carboxylic acids is 1. The van der Waals surface area contributed by atoms with Gasteiger partial charge in [-0.2, -0.15) is 0 Å². The number of nitrogens with zero attached hydrogens (tertiary/aromatic N) is 2. The number of fused-ring (bicyclic) bond motifs is 3. The quantitative estimate of drug-likeness (QED) is 0.254. The maximum atomic E-state index is 15.0. The lowest BCUT2D eigenvalue weighted by Gasteiger charge is -2.33. The van der Waals surface area contributed by atoms with Crippen LogP contribution in [0.5, 0.6) is 0 Å². The molecule has 0 aliphatic carbocycles. The Labute approximate surface area is 263 Å². The number of nitrogens with one attached hydrogen (secondary N) is 1. The molecule has 0 aromatic heterocycles. The van der Waals surface area contributed by atoms with Crippen molar-refractivity contribution in [3.63, 3.8) is 0 Å². The molecule has 4 aromatic carbocycles. The van der Waals surface area contributed by atoms with Crippen molar-refractivity contribution in [1.82, 2.24) is 4.72 Å². The minimum absolute atomic E-state index is 0.0675. The monoisotopic (exact) mass is 619 g/mol. The highest BCUT2D eigenvalue weighted by Crippen LogP contribution is 2.61. The molecule has 0 saturated heterocycles. The summed E-state index contributed by atoms with van der Waals surface area (Å²) in [5.41, 5.74) is 7.05. The fourth-order valence-corrected chi connectivity index (χ4v) is 8.90. The van der Waals surface area contributed by atoms with Gasteiger partial charge in [0.15, 0.2) is 5.54 Å². The molecule has 3 aliphatic rings. The first-order valence-corrected chi connectivity index (χ1v) is 17.5. The minimum atomic E-state index is -3.62. The zero-order valence-electron chi connectivity index (χ0n) is 24.8. The van der Waals surface area contributed by atoms with Crippen molar-refractivity contribution in [2.24, 2.45) is 4.99 Å². The van der Waals surface area contributed by atoms with Crippen molar-refractivity contribution >= 4 is 38.4 Å². The van der Waals surface area contributed by atoms with Gasteiger partial charge in [0.1, 0.15) is 0 Å². The summed E-state index contributed by atoms with van der Waals surface area (Å²) in [6, 6.07) is 34.4. The molecule has 0 saturated carbocycles. The Morgan fingerprint density at radius 3 is 2.25 bits per heavy atom. The van der Waals surface area contributed by atoms with Crippen LogP contribution in [0.4, 0.5) is 5.69 Å². The van der Waals surface area contributed by atoms with Gasteiger partial charge in [0.2, 0.25) is 10.0 Å². The summed E-state index contributed by atoms with van der Waals surface area (Å²) in [6.07, 6.45) is 1.66. The summed E-state index contributed by atoms with van der Waals surface area (Å²) in [5, 5.41) is 0.646. The van der Waals surface area contributed by atoms with Crippen LogP contribution >= 0.6 is 11.8 Å². The molecule has 44 heavy (non-hydrogen) atoms. The number of carbonyl (C=O) groups is 1. The lowest BCUT2D eigenvalue weighted by atomic mass is 9.73. The van der Waals surface area contributed by atoms with E-state index in [1.54, 1.807) is 11.8 Å². The molecular formula is C36H33N3O3S2. The molecule has 0 bridgehead atoms. The molecule has 4 aromatic rings. The van der Waals surface area contributed by atoms with E-state index in [2.05, 4.69) is 35.9 Å². The van der Waals surface area contributed by atoms with Gasteiger partial charge in [0.05, 0.1) is 29.4 Å². The number of para-hydroxylation sites is 1. The third-order valence-corrected chi connectivity index (χ3v) is 10.5. The number of aliphatic imine (C=N–C) groups is 1. The van der Waals surface area contributed by atoms with Gasteiger partial charge in [-0.1, -0.05) is 120 Å². The van der Waals surface area contributed by atoms with Crippen LogP contribution in [0.1, 0.15) is 51.0 Å². The van der Waals surface area contributed by atoms with Crippen molar-refractivity contribution in [3.05, 3.63) is 148 Å². The Morgan fingerprint density at radius 2 is 1.55 bits per heavy atom. The van der Waals surface area contributed by atoms with Gasteiger partial charge in [-0.25, -0.2) is 8.42 Å². The Bertz CT molecular complexity index is 1970. The van der Waals surface area contributed by atoms with Crippen molar-refractivity contribution < 1.29 is 13.2 Å². The van der Waals surface area contributed by atoms with Crippen LogP contribution in [0.25, 0.3) is 0 Å². The summed E-state index contributed by atoms with van der Waals surface area (Å²) < 4.78 is 28.6. The Balaban J connectivity index is 1.48. The predicted molar refractivity (Wildman–Crippen MR) is 178 cm³/mol. The first kappa shape index (κ1) is 28.6. The molecule has 7 rings (SSSR count). The van der Waals surface area contributed by atoms with Crippen LogP contribution in [-0.4, -0.2) is 25.6 Å². The molecule has 0 radical (unpaired) electrons. The second-order valence-electron chi connectivity index (χ2n) is 11.9. The molecule has 222 valence electrons. The lowest BCUT2D eigenvalue weighted by Crippen LogP contribution is -2.42. The molecule has 0 unspecified atom stereocenters. The number of hydrogen-bond donors (Lipinski definition) is 1. The molecule has 0 fully saturated rings. The molecule has 6 nitrogen and oxygen atoms in total. The van der Waals surface area contributed by atoms with Gasteiger partial charge >= 0.3 is 0 Å². The Morgan fingerprint density at radius 1 is 0.886 bits per heavy atom. The van der Waals surface area contributed by atoms with E-state index in [-0.39, 0.29) is 11.2 Å². The topological polar surface area (TPSA) is 78.8 Å². The number of allylic oxidation sites excluding steroid dienone is 1. The van der Waals surface area contributed by atoms with Gasteiger partial charge in [-0.05, 0) is 36.6 Å². The Kier molecular flexibility index (Phi) is 7.02. The molecule has 1 spiro atoms. The van der Waals surface area contributed by atoms with E-state index in [1.165, 1.54) is 6.26 Å². The van der Waals surface area contributed by atoms with Crippen molar-refractivity contribution in [2.45, 2.75) is 43.5 Å². The standard InChI is InChI=1S/C36H33N3O3S2/c1-23-11-9-15-26(19-23)31-21-29(38-44(3,41)42)32-33(27-16-10-12-24(2)20-27)36(37-34(32)43-31)28-17-7-8-18-30(28)39(35(36)40)22-25-13-5-4-6-14-25/h4-20,31,33,38H,21-22H2,1-3H3/t31-,33+,36-/m0/s1. The van der Waals surface area contributed by atoms with Crippen LogP contribution in [0, 0.1) is 13.8 Å². The number of hydrogen-bond acceptors (Lipinski definition) is 5. The molecule has 1 N–H and O–H groups in total. The summed E-state index contributed by atoms with van der Waals surface area (Å²) in [7, 11) is -3.62. The summed E-state index contributed by atoms with van der Waals surface area (Å²) >= 11 is 1.63. The average molecular weight is 620 g/mol. The lowest BCUT2D eigenvalue weighted by molar-refractivity contribution is -0.123. The largest absolute Gasteiger partial charge is 0.305 e. The normalized spacial score (nSPS) is 22.7. The predicted octanol–water partition coefficient (Wildman–Crippen LogP) is 6.92. The number of amides is 1. The summed E-state index contributed by atoms with van der Waals surface area (Å²) in [5.74, 6) is -0.614. The molecule has 3 aliphatic heterocycles. The minimum Gasteiger partial charge on any atom is -0.305 e. The maximum absolute atomic E-state index is 15.0. The Hall–Kier alpha value is -4.14. The van der Waals surface area contributed by atoms with E-state index in [0.29, 0.717) is 23.7 Å². The molecule has 3 atom stereocenters. The van der Waals surface area contributed by atoms with Crippen molar-refractivity contribution in [2.75, 3.05) is 11.2 Å². The zero-order chi connectivity index (χ0) is 30.6. The van der Waals surface area contributed by atoms with Crippen LogP contribution in [0.15, 0.2) is 119 Å². The smallest absolute Gasteiger partial charge is 0.260 e. The van der Waals surface area contributed by atoms with Crippen LogP contribution < -0.4 is 9.62 Å². The number of aryl methyl sites for hydroxylation is 2.